The third-order valence-electron chi connectivity index (χ3n) is 4.11. The van der Waals surface area contributed by atoms with Crippen LogP contribution in [0.4, 0.5) is 0 Å². The number of piperidine rings is 1. The maximum atomic E-state index is 11.0. The molecule has 1 aliphatic heterocycles. The molecule has 1 fully saturated rings. The molecule has 5 heteroatoms. The van der Waals surface area contributed by atoms with Crippen LogP contribution in [0.15, 0.2) is 23.8 Å². The fourth-order valence-electron chi connectivity index (χ4n) is 3.05. The van der Waals surface area contributed by atoms with Gasteiger partial charge in [0.15, 0.2) is 0 Å². The van der Waals surface area contributed by atoms with Crippen molar-refractivity contribution >= 4 is 23.6 Å². The average molecular weight is 337 g/mol. The molecule has 1 aromatic carbocycles. The van der Waals surface area contributed by atoms with E-state index in [-0.39, 0.29) is 11.7 Å². The minimum atomic E-state index is 0.0367. The molecule has 0 radical (unpaired) electrons. The lowest BCUT2D eigenvalue weighted by atomic mass is 9.97. The number of benzene rings is 1. The number of nitrogens with one attached hydrogen (secondary N) is 1. The molecule has 126 valence electrons. The predicted molar refractivity (Wildman–Crippen MR) is 94.6 cm³/mol. The third kappa shape index (κ3) is 5.88. The number of nitrogens with zero attached hydrogens (tertiary/aromatic N) is 1. The third-order valence-corrected chi connectivity index (χ3v) is 4.34. The van der Waals surface area contributed by atoms with Gasteiger partial charge in [-0.3, -0.25) is 9.69 Å². The van der Waals surface area contributed by atoms with E-state index in [2.05, 4.69) is 17.1 Å². The number of rotatable bonds is 5. The molecule has 1 amide bonds. The molecule has 0 saturated carbocycles. The molecule has 2 N–H and O–H groups in total. The van der Waals surface area contributed by atoms with Crippen molar-refractivity contribution in [3.63, 3.8) is 0 Å². The zero-order valence-corrected chi connectivity index (χ0v) is 14.6. The molecular weight excluding hydrogens is 312 g/mol. The predicted octanol–water partition coefficient (Wildman–Crippen LogP) is 3.30. The summed E-state index contributed by atoms with van der Waals surface area (Å²) in [6.45, 7) is 7.31. The molecule has 1 heterocycles. The Morgan fingerprint density at radius 2 is 2.26 bits per heavy atom. The van der Waals surface area contributed by atoms with Crippen molar-refractivity contribution in [2.24, 2.45) is 5.92 Å². The number of halogens is 1. The van der Waals surface area contributed by atoms with Gasteiger partial charge in [0.2, 0.25) is 5.91 Å². The van der Waals surface area contributed by atoms with Crippen LogP contribution in [0, 0.1) is 5.92 Å². The lowest BCUT2D eigenvalue weighted by Gasteiger charge is -2.33. The number of carbonyl (C=O) groups excluding carboxylic acids is 1. The van der Waals surface area contributed by atoms with E-state index in [0.29, 0.717) is 10.9 Å². The number of carbonyl (C=O) groups is 1. The number of phenolic OH excluding ortho intramolecular Hbond substituents is 1. The van der Waals surface area contributed by atoms with Gasteiger partial charge in [0, 0.05) is 37.1 Å². The lowest BCUT2D eigenvalue weighted by molar-refractivity contribution is -0.119. The van der Waals surface area contributed by atoms with Gasteiger partial charge in [0.05, 0.1) is 0 Å². The van der Waals surface area contributed by atoms with E-state index in [0.717, 1.165) is 44.6 Å². The maximum Gasteiger partial charge on any atom is 0.216 e. The summed E-state index contributed by atoms with van der Waals surface area (Å²) in [4.78, 5) is 13.4. The highest BCUT2D eigenvalue weighted by Gasteiger charge is 2.20. The topological polar surface area (TPSA) is 52.6 Å². The number of phenols is 1. The molecule has 0 aromatic heterocycles. The van der Waals surface area contributed by atoms with Crippen LogP contribution in [0.1, 0.15) is 32.3 Å². The van der Waals surface area contributed by atoms with Gasteiger partial charge in [-0.1, -0.05) is 23.3 Å². The normalized spacial score (nSPS) is 19.6. The first-order chi connectivity index (χ1) is 10.9. The molecule has 0 bridgehead atoms. The molecule has 1 atom stereocenters. The number of aromatic hydroxyl groups is 1. The molecule has 0 spiro atoms. The van der Waals surface area contributed by atoms with Gasteiger partial charge in [-0.25, -0.2) is 0 Å². The average Bonchev–Trinajstić information content (AvgIpc) is 2.49. The fraction of sp³-hybridized carbons (Fsp3) is 0.500. The number of likely N-dealkylation sites (tertiary alicyclic amines) is 1. The maximum absolute atomic E-state index is 11.0. The number of amides is 1. The smallest absolute Gasteiger partial charge is 0.216 e. The highest BCUT2D eigenvalue weighted by molar-refractivity contribution is 6.30. The van der Waals surface area contributed by atoms with Gasteiger partial charge in [-0.2, -0.15) is 0 Å². The van der Waals surface area contributed by atoms with E-state index in [9.17, 15) is 9.90 Å². The second-order valence-corrected chi connectivity index (χ2v) is 6.81. The van der Waals surface area contributed by atoms with Gasteiger partial charge in [0.25, 0.3) is 0 Å². The molecule has 23 heavy (non-hydrogen) atoms. The minimum Gasteiger partial charge on any atom is -0.507 e. The second-order valence-electron chi connectivity index (χ2n) is 6.37. The first-order valence-corrected chi connectivity index (χ1v) is 8.44. The SMILES string of the molecule is CC(=O)NCC1CCCN(C/C(C)=C/c2cc(Cl)ccc2O)C1. The summed E-state index contributed by atoms with van der Waals surface area (Å²) in [5.41, 5.74) is 1.93. The summed E-state index contributed by atoms with van der Waals surface area (Å²) in [5.74, 6) is 0.797. The largest absolute Gasteiger partial charge is 0.507 e. The Morgan fingerprint density at radius 1 is 1.48 bits per heavy atom. The van der Waals surface area contributed by atoms with Gasteiger partial charge in [0.1, 0.15) is 5.75 Å². The molecular formula is C18H25ClN2O2. The molecule has 1 aromatic rings. The Kier molecular flexibility index (Phi) is 6.48. The van der Waals surface area contributed by atoms with Crippen molar-refractivity contribution in [3.05, 3.63) is 34.4 Å². The Balaban J connectivity index is 1.93. The summed E-state index contributed by atoms with van der Waals surface area (Å²) < 4.78 is 0. The van der Waals surface area contributed by atoms with E-state index in [1.54, 1.807) is 25.1 Å². The van der Waals surface area contributed by atoms with E-state index in [1.807, 2.05) is 6.08 Å². The molecule has 1 aliphatic rings. The highest BCUT2D eigenvalue weighted by atomic mass is 35.5. The van der Waals surface area contributed by atoms with Gasteiger partial charge < -0.3 is 10.4 Å². The lowest BCUT2D eigenvalue weighted by Crippen LogP contribution is -2.41. The zero-order chi connectivity index (χ0) is 16.8. The van der Waals surface area contributed by atoms with Crippen LogP contribution in [0.5, 0.6) is 5.75 Å². The number of hydrogen-bond donors (Lipinski definition) is 2. The molecule has 1 unspecified atom stereocenters. The molecule has 1 saturated heterocycles. The van der Waals surface area contributed by atoms with Crippen LogP contribution in [0.3, 0.4) is 0 Å². The van der Waals surface area contributed by atoms with Crippen LogP contribution in [-0.4, -0.2) is 42.1 Å². The standard InChI is InChI=1S/C18H25ClN2O2/c1-13(8-16-9-17(19)5-6-18(16)23)11-21-7-3-4-15(12-21)10-20-14(2)22/h5-6,8-9,15,23H,3-4,7,10-12H2,1-2H3,(H,20,22)/b13-8+. The number of hydrogen-bond acceptors (Lipinski definition) is 3. The van der Waals surface area contributed by atoms with Crippen LogP contribution in [-0.2, 0) is 4.79 Å². The van der Waals surface area contributed by atoms with Crippen molar-refractivity contribution < 1.29 is 9.90 Å². The van der Waals surface area contributed by atoms with Crippen molar-refractivity contribution in [1.29, 1.82) is 0 Å². The molecule has 0 aliphatic carbocycles. The molecule has 2 rings (SSSR count). The Bertz CT molecular complexity index is 586. The van der Waals surface area contributed by atoms with E-state index >= 15 is 0 Å². The van der Waals surface area contributed by atoms with Crippen LogP contribution in [0.25, 0.3) is 6.08 Å². The minimum absolute atomic E-state index is 0.0367. The first-order valence-electron chi connectivity index (χ1n) is 8.06. The van der Waals surface area contributed by atoms with Crippen LogP contribution < -0.4 is 5.32 Å². The van der Waals surface area contributed by atoms with Gasteiger partial charge >= 0.3 is 0 Å². The van der Waals surface area contributed by atoms with Crippen molar-refractivity contribution in [3.8, 4) is 5.75 Å². The Labute approximate surface area is 143 Å². The van der Waals surface area contributed by atoms with Gasteiger partial charge in [-0.15, -0.1) is 0 Å². The monoisotopic (exact) mass is 336 g/mol. The van der Waals surface area contributed by atoms with Crippen molar-refractivity contribution in [2.75, 3.05) is 26.2 Å². The van der Waals surface area contributed by atoms with E-state index in [4.69, 9.17) is 11.6 Å². The summed E-state index contributed by atoms with van der Waals surface area (Å²) in [6, 6.07) is 5.07. The summed E-state index contributed by atoms with van der Waals surface area (Å²) in [7, 11) is 0. The fourth-order valence-corrected chi connectivity index (χ4v) is 3.23. The summed E-state index contributed by atoms with van der Waals surface area (Å²) in [6.07, 6.45) is 4.30. The van der Waals surface area contributed by atoms with Gasteiger partial charge in [-0.05, 0) is 50.4 Å². The van der Waals surface area contributed by atoms with Crippen LogP contribution >= 0.6 is 11.6 Å². The molecule has 4 nitrogen and oxygen atoms in total. The van der Waals surface area contributed by atoms with E-state index < -0.39 is 0 Å². The quantitative estimate of drug-likeness (QED) is 0.867. The Hall–Kier alpha value is -1.52. The second kappa shape index (κ2) is 8.37. The summed E-state index contributed by atoms with van der Waals surface area (Å²) >= 11 is 5.99. The first kappa shape index (κ1) is 17.8. The summed E-state index contributed by atoms with van der Waals surface area (Å²) in [5, 5.41) is 13.4. The van der Waals surface area contributed by atoms with E-state index in [1.165, 1.54) is 5.57 Å². The zero-order valence-electron chi connectivity index (χ0n) is 13.8. The van der Waals surface area contributed by atoms with Crippen molar-refractivity contribution in [1.82, 2.24) is 10.2 Å². The Morgan fingerprint density at radius 3 is 3.00 bits per heavy atom. The highest BCUT2D eigenvalue weighted by Crippen LogP contribution is 2.24. The van der Waals surface area contributed by atoms with Crippen LogP contribution in [0.2, 0.25) is 5.02 Å². The van der Waals surface area contributed by atoms with Crippen molar-refractivity contribution in [2.45, 2.75) is 26.7 Å².